The molecule has 0 heterocycles. The second-order valence-electron chi connectivity index (χ2n) is 3.85. The van der Waals surface area contributed by atoms with Crippen molar-refractivity contribution in [3.05, 3.63) is 34.3 Å². The van der Waals surface area contributed by atoms with E-state index in [1.807, 2.05) is 29.2 Å². The summed E-state index contributed by atoms with van der Waals surface area (Å²) in [6, 6.07) is 7.46. The summed E-state index contributed by atoms with van der Waals surface area (Å²) in [7, 11) is 0. The van der Waals surface area contributed by atoms with Crippen molar-refractivity contribution in [2.75, 3.05) is 19.0 Å². The Labute approximate surface area is 116 Å². The highest BCUT2D eigenvalue weighted by atomic mass is 79.9. The molecule has 17 heavy (non-hydrogen) atoms. The predicted octanol–water partition coefficient (Wildman–Crippen LogP) is 3.93. The van der Waals surface area contributed by atoms with E-state index in [1.54, 1.807) is 0 Å². The average Bonchev–Trinajstić information content (AvgIpc) is 2.33. The molecule has 4 heteroatoms. The number of benzene rings is 1. The zero-order valence-corrected chi connectivity index (χ0v) is 12.3. The van der Waals surface area contributed by atoms with E-state index >= 15 is 0 Å². The quantitative estimate of drug-likeness (QED) is 0.728. The van der Waals surface area contributed by atoms with Gasteiger partial charge in [0.05, 0.1) is 0 Å². The largest absolute Gasteiger partial charge is 0.337 e. The molecule has 1 amide bonds. The van der Waals surface area contributed by atoms with Crippen molar-refractivity contribution >= 4 is 33.4 Å². The molecule has 94 valence electrons. The molecule has 0 saturated heterocycles. The van der Waals surface area contributed by atoms with E-state index in [9.17, 15) is 4.79 Å². The van der Waals surface area contributed by atoms with Crippen molar-refractivity contribution in [1.29, 1.82) is 0 Å². The van der Waals surface area contributed by atoms with Crippen molar-refractivity contribution < 1.29 is 4.79 Å². The molecule has 0 aliphatic carbocycles. The Morgan fingerprint density at radius 2 is 2.18 bits per heavy atom. The van der Waals surface area contributed by atoms with Crippen molar-refractivity contribution in [2.45, 2.75) is 19.8 Å². The van der Waals surface area contributed by atoms with Crippen molar-refractivity contribution in [3.8, 4) is 0 Å². The summed E-state index contributed by atoms with van der Waals surface area (Å²) >= 11 is 9.11. The van der Waals surface area contributed by atoms with E-state index < -0.39 is 0 Å². The number of carbonyl (C=O) groups excluding carboxylic acids is 1. The van der Waals surface area contributed by atoms with Gasteiger partial charge in [0.25, 0.3) is 5.91 Å². The molecular weight excluding hydrogens is 302 g/mol. The van der Waals surface area contributed by atoms with Gasteiger partial charge in [0.1, 0.15) is 0 Å². The summed E-state index contributed by atoms with van der Waals surface area (Å²) in [6.45, 7) is 3.49. The Kier molecular flexibility index (Phi) is 6.60. The van der Waals surface area contributed by atoms with E-state index in [0.29, 0.717) is 18.0 Å². The van der Waals surface area contributed by atoms with Gasteiger partial charge in [-0.05, 0) is 24.6 Å². The highest BCUT2D eigenvalue weighted by Crippen LogP contribution is 2.14. The van der Waals surface area contributed by atoms with E-state index in [-0.39, 0.29) is 5.91 Å². The second-order valence-corrected chi connectivity index (χ2v) is 5.14. The Bertz CT molecular complexity index is 370. The molecule has 0 spiro atoms. The third kappa shape index (κ3) is 4.68. The van der Waals surface area contributed by atoms with Crippen LogP contribution in [0.3, 0.4) is 0 Å². The maximum absolute atomic E-state index is 12.2. The number of hydrogen-bond donors (Lipinski definition) is 0. The number of hydrogen-bond acceptors (Lipinski definition) is 1. The number of nitrogens with zero attached hydrogens (tertiary/aromatic N) is 1. The molecule has 0 atom stereocenters. The Balaban J connectivity index is 2.76. The fraction of sp³-hybridized carbons (Fsp3) is 0.462. The zero-order valence-electron chi connectivity index (χ0n) is 9.96. The highest BCUT2D eigenvalue weighted by Gasteiger charge is 2.14. The second kappa shape index (κ2) is 7.72. The summed E-state index contributed by atoms with van der Waals surface area (Å²) in [5.41, 5.74) is 0.709. The fourth-order valence-electron chi connectivity index (χ4n) is 1.57. The Morgan fingerprint density at radius 1 is 1.41 bits per heavy atom. The van der Waals surface area contributed by atoms with Gasteiger partial charge in [0.2, 0.25) is 0 Å². The van der Waals surface area contributed by atoms with Gasteiger partial charge >= 0.3 is 0 Å². The first-order valence-electron chi connectivity index (χ1n) is 5.79. The van der Waals surface area contributed by atoms with Gasteiger partial charge in [0, 0.05) is 29.0 Å². The molecule has 1 aromatic rings. The van der Waals surface area contributed by atoms with Crippen LogP contribution >= 0.6 is 27.5 Å². The molecule has 1 rings (SSSR count). The van der Waals surface area contributed by atoms with Crippen LogP contribution in [0.5, 0.6) is 0 Å². The summed E-state index contributed by atoms with van der Waals surface area (Å²) in [4.78, 5) is 14.1. The van der Waals surface area contributed by atoms with Crippen molar-refractivity contribution in [1.82, 2.24) is 4.90 Å². The smallest absolute Gasteiger partial charge is 0.253 e. The molecule has 0 aliphatic rings. The monoisotopic (exact) mass is 317 g/mol. The lowest BCUT2D eigenvalue weighted by Crippen LogP contribution is -2.33. The van der Waals surface area contributed by atoms with Crippen LogP contribution < -0.4 is 0 Å². The lowest BCUT2D eigenvalue weighted by atomic mass is 10.2. The summed E-state index contributed by atoms with van der Waals surface area (Å²) in [6.07, 6.45) is 2.08. The average molecular weight is 319 g/mol. The Morgan fingerprint density at radius 3 is 2.76 bits per heavy atom. The number of carbonyl (C=O) groups is 1. The van der Waals surface area contributed by atoms with Crippen LogP contribution in [0.25, 0.3) is 0 Å². The number of amides is 1. The molecule has 0 aliphatic heterocycles. The SMILES string of the molecule is CCCCN(CCCl)C(=O)c1cccc(Br)c1. The highest BCUT2D eigenvalue weighted by molar-refractivity contribution is 9.10. The van der Waals surface area contributed by atoms with E-state index in [0.717, 1.165) is 23.9 Å². The normalized spacial score (nSPS) is 10.3. The van der Waals surface area contributed by atoms with Crippen molar-refractivity contribution in [3.63, 3.8) is 0 Å². The van der Waals surface area contributed by atoms with Crippen LogP contribution in [0, 0.1) is 0 Å². The van der Waals surface area contributed by atoms with Crippen LogP contribution in [0.15, 0.2) is 28.7 Å². The molecule has 0 bridgehead atoms. The molecule has 0 N–H and O–H groups in total. The molecular formula is C13H17BrClNO. The topological polar surface area (TPSA) is 20.3 Å². The summed E-state index contributed by atoms with van der Waals surface area (Å²) in [5, 5.41) is 0. The van der Waals surface area contributed by atoms with Gasteiger partial charge < -0.3 is 4.90 Å². The molecule has 1 aromatic carbocycles. The molecule has 0 radical (unpaired) electrons. The predicted molar refractivity (Wildman–Crippen MR) is 75.7 cm³/mol. The fourth-order valence-corrected chi connectivity index (χ4v) is 2.17. The zero-order chi connectivity index (χ0) is 12.7. The first-order chi connectivity index (χ1) is 8.19. The van der Waals surface area contributed by atoms with Gasteiger partial charge in [-0.25, -0.2) is 0 Å². The number of unbranched alkanes of at least 4 members (excludes halogenated alkanes) is 1. The summed E-state index contributed by atoms with van der Waals surface area (Å²) in [5.74, 6) is 0.532. The molecule has 0 aromatic heterocycles. The minimum atomic E-state index is 0.0559. The van der Waals surface area contributed by atoms with Gasteiger partial charge in [-0.3, -0.25) is 4.79 Å². The standard InChI is InChI=1S/C13H17BrClNO/c1-2-3-8-16(9-7-15)13(17)11-5-4-6-12(14)10-11/h4-6,10H,2-3,7-9H2,1H3. The number of halogens is 2. The third-order valence-electron chi connectivity index (χ3n) is 2.49. The first-order valence-corrected chi connectivity index (χ1v) is 7.12. The van der Waals surface area contributed by atoms with Gasteiger partial charge in [0.15, 0.2) is 0 Å². The third-order valence-corrected chi connectivity index (χ3v) is 3.16. The number of alkyl halides is 1. The van der Waals surface area contributed by atoms with Crippen LogP contribution in [-0.2, 0) is 0 Å². The molecule has 0 saturated carbocycles. The molecule has 2 nitrogen and oxygen atoms in total. The first kappa shape index (κ1) is 14.5. The van der Waals surface area contributed by atoms with Crippen molar-refractivity contribution in [2.24, 2.45) is 0 Å². The minimum absolute atomic E-state index is 0.0559. The van der Waals surface area contributed by atoms with Gasteiger partial charge in [-0.2, -0.15) is 0 Å². The van der Waals surface area contributed by atoms with E-state index in [1.165, 1.54) is 0 Å². The maximum atomic E-state index is 12.2. The lowest BCUT2D eigenvalue weighted by molar-refractivity contribution is 0.0763. The van der Waals surface area contributed by atoms with Crippen LogP contribution in [0.1, 0.15) is 30.1 Å². The minimum Gasteiger partial charge on any atom is -0.337 e. The van der Waals surface area contributed by atoms with Crippen LogP contribution in [-0.4, -0.2) is 29.8 Å². The number of rotatable bonds is 6. The Hall–Kier alpha value is -0.540. The van der Waals surface area contributed by atoms with E-state index in [4.69, 9.17) is 11.6 Å². The van der Waals surface area contributed by atoms with Gasteiger partial charge in [-0.1, -0.05) is 35.3 Å². The van der Waals surface area contributed by atoms with Gasteiger partial charge in [-0.15, -0.1) is 11.6 Å². The summed E-state index contributed by atoms with van der Waals surface area (Å²) < 4.78 is 0.921. The van der Waals surface area contributed by atoms with Crippen LogP contribution in [0.2, 0.25) is 0 Å². The maximum Gasteiger partial charge on any atom is 0.253 e. The molecule has 0 unspecified atom stereocenters. The van der Waals surface area contributed by atoms with E-state index in [2.05, 4.69) is 22.9 Å². The molecule has 0 fully saturated rings. The lowest BCUT2D eigenvalue weighted by Gasteiger charge is -2.21. The van der Waals surface area contributed by atoms with Crippen LogP contribution in [0.4, 0.5) is 0 Å².